The van der Waals surface area contributed by atoms with Gasteiger partial charge in [0.05, 0.1) is 24.8 Å². The van der Waals surface area contributed by atoms with E-state index in [-0.39, 0.29) is 11.8 Å². The van der Waals surface area contributed by atoms with E-state index in [1.807, 2.05) is 24.3 Å². The van der Waals surface area contributed by atoms with Crippen molar-refractivity contribution in [2.45, 2.75) is 37.0 Å². The number of amides is 2. The minimum absolute atomic E-state index is 0.125. The van der Waals surface area contributed by atoms with E-state index < -0.39 is 0 Å². The van der Waals surface area contributed by atoms with Crippen LogP contribution in [0.4, 0.5) is 5.69 Å². The third-order valence-corrected chi connectivity index (χ3v) is 6.85. The second-order valence-corrected chi connectivity index (χ2v) is 9.09. The molecule has 0 saturated carbocycles. The molecule has 4 rings (SSSR count). The first-order valence-corrected chi connectivity index (χ1v) is 11.9. The highest BCUT2D eigenvalue weighted by Crippen LogP contribution is 2.40. The van der Waals surface area contributed by atoms with Gasteiger partial charge in [-0.15, -0.1) is 0 Å². The van der Waals surface area contributed by atoms with E-state index in [0.29, 0.717) is 34.2 Å². The van der Waals surface area contributed by atoms with Gasteiger partial charge in [-0.2, -0.15) is 0 Å². The van der Waals surface area contributed by atoms with Crippen LogP contribution in [0.2, 0.25) is 0 Å². The summed E-state index contributed by atoms with van der Waals surface area (Å²) >= 11 is 1.38. The minimum atomic E-state index is -0.205. The van der Waals surface area contributed by atoms with Crippen LogP contribution in [0.25, 0.3) is 6.08 Å². The van der Waals surface area contributed by atoms with Crippen molar-refractivity contribution in [2.75, 3.05) is 26.1 Å². The van der Waals surface area contributed by atoms with E-state index in [9.17, 15) is 9.59 Å². The van der Waals surface area contributed by atoms with E-state index in [1.54, 1.807) is 32.4 Å². The first-order valence-electron chi connectivity index (χ1n) is 11.1. The van der Waals surface area contributed by atoms with E-state index in [0.717, 1.165) is 29.7 Å². The van der Waals surface area contributed by atoms with Crippen LogP contribution >= 0.6 is 11.8 Å². The van der Waals surface area contributed by atoms with Crippen molar-refractivity contribution < 1.29 is 19.1 Å². The molecule has 2 aromatic carbocycles. The number of allylic oxidation sites excluding steroid dienone is 1. The lowest BCUT2D eigenvalue weighted by Gasteiger charge is -2.19. The molecule has 1 aliphatic carbocycles. The van der Waals surface area contributed by atoms with E-state index in [4.69, 9.17) is 9.47 Å². The molecule has 0 unspecified atom stereocenters. The molecule has 2 aliphatic rings. The maximum Gasteiger partial charge on any atom is 0.262 e. The number of nitrogens with one attached hydrogen (secondary N) is 2. The molecule has 0 saturated heterocycles. The smallest absolute Gasteiger partial charge is 0.262 e. The number of thioether (sulfide) groups is 1. The van der Waals surface area contributed by atoms with Crippen molar-refractivity contribution in [2.24, 2.45) is 0 Å². The number of hydrogen-bond donors (Lipinski definition) is 2. The summed E-state index contributed by atoms with van der Waals surface area (Å²) in [5, 5.41) is 5.90. The molecule has 2 N–H and O–H groups in total. The van der Waals surface area contributed by atoms with Crippen LogP contribution in [0.3, 0.4) is 0 Å². The zero-order chi connectivity index (χ0) is 23.2. The van der Waals surface area contributed by atoms with Gasteiger partial charge in [-0.25, -0.2) is 0 Å². The quantitative estimate of drug-likeness (QED) is 0.423. The Morgan fingerprint density at radius 1 is 1.12 bits per heavy atom. The SMILES string of the molecule is COc1ccc(C=C2Sc3ccc(C(=O)NCCC4=CCCCC4)cc3NC2=O)cc1OC. The lowest BCUT2D eigenvalue weighted by Crippen LogP contribution is -2.25. The van der Waals surface area contributed by atoms with Crippen LogP contribution in [-0.4, -0.2) is 32.6 Å². The van der Waals surface area contributed by atoms with Gasteiger partial charge in [0.1, 0.15) is 0 Å². The molecule has 1 heterocycles. The molecule has 0 bridgehead atoms. The average Bonchev–Trinajstić information content (AvgIpc) is 2.84. The Kier molecular flexibility index (Phi) is 7.40. The minimum Gasteiger partial charge on any atom is -0.493 e. The second-order valence-electron chi connectivity index (χ2n) is 8.00. The molecule has 33 heavy (non-hydrogen) atoms. The van der Waals surface area contributed by atoms with Gasteiger partial charge < -0.3 is 20.1 Å². The highest BCUT2D eigenvalue weighted by molar-refractivity contribution is 8.04. The molecular weight excluding hydrogens is 436 g/mol. The highest BCUT2D eigenvalue weighted by atomic mass is 32.2. The summed E-state index contributed by atoms with van der Waals surface area (Å²) in [6.45, 7) is 0.626. The molecular formula is C26H28N2O4S. The van der Waals surface area contributed by atoms with Crippen molar-refractivity contribution >= 4 is 35.3 Å². The fourth-order valence-corrected chi connectivity index (χ4v) is 4.90. The summed E-state index contributed by atoms with van der Waals surface area (Å²) in [5.41, 5.74) is 3.46. The van der Waals surface area contributed by atoms with Crippen molar-refractivity contribution in [3.8, 4) is 11.5 Å². The van der Waals surface area contributed by atoms with Gasteiger partial charge in [-0.05, 0) is 74.1 Å². The van der Waals surface area contributed by atoms with Crippen LogP contribution in [0.1, 0.15) is 48.0 Å². The van der Waals surface area contributed by atoms with Gasteiger partial charge in [0.2, 0.25) is 0 Å². The van der Waals surface area contributed by atoms with Crippen LogP contribution in [0.5, 0.6) is 11.5 Å². The Labute approximate surface area is 198 Å². The number of rotatable bonds is 7. The van der Waals surface area contributed by atoms with Gasteiger partial charge in [-0.1, -0.05) is 29.5 Å². The summed E-state index contributed by atoms with van der Waals surface area (Å²) < 4.78 is 10.6. The van der Waals surface area contributed by atoms with Gasteiger partial charge in [0.25, 0.3) is 11.8 Å². The highest BCUT2D eigenvalue weighted by Gasteiger charge is 2.22. The monoisotopic (exact) mass is 464 g/mol. The molecule has 1 aliphatic heterocycles. The second kappa shape index (κ2) is 10.6. The largest absolute Gasteiger partial charge is 0.493 e. The third-order valence-electron chi connectivity index (χ3n) is 5.76. The number of anilines is 1. The maximum absolute atomic E-state index is 12.7. The van der Waals surface area contributed by atoms with Crippen molar-refractivity contribution in [1.82, 2.24) is 5.32 Å². The molecule has 0 radical (unpaired) electrons. The topological polar surface area (TPSA) is 76.7 Å². The normalized spacial score (nSPS) is 16.5. The lowest BCUT2D eigenvalue weighted by atomic mass is 9.97. The van der Waals surface area contributed by atoms with Crippen LogP contribution in [-0.2, 0) is 4.79 Å². The molecule has 7 heteroatoms. The molecule has 2 aromatic rings. The molecule has 0 spiro atoms. The fourth-order valence-electron chi connectivity index (χ4n) is 3.97. The summed E-state index contributed by atoms with van der Waals surface area (Å²) in [6.07, 6.45) is 9.79. The summed E-state index contributed by atoms with van der Waals surface area (Å²) in [7, 11) is 3.16. The van der Waals surface area contributed by atoms with Crippen LogP contribution in [0, 0.1) is 0 Å². The Morgan fingerprint density at radius 2 is 1.97 bits per heavy atom. The first-order chi connectivity index (χ1) is 16.1. The molecule has 0 atom stereocenters. The summed E-state index contributed by atoms with van der Waals surface area (Å²) in [4.78, 5) is 26.7. The first kappa shape index (κ1) is 23.0. The number of carbonyl (C=O) groups is 2. The van der Waals surface area contributed by atoms with E-state index in [2.05, 4.69) is 16.7 Å². The molecule has 0 fully saturated rings. The maximum atomic E-state index is 12.7. The van der Waals surface area contributed by atoms with Crippen molar-refractivity contribution in [3.63, 3.8) is 0 Å². The van der Waals surface area contributed by atoms with E-state index in [1.165, 1.54) is 30.2 Å². The lowest BCUT2D eigenvalue weighted by molar-refractivity contribution is -0.112. The standard InChI is InChI=1S/C26H28N2O4S/c1-31-21-10-8-18(14-22(21)32-2)15-24-26(30)28-20-16-19(9-11-23(20)33-24)25(29)27-13-12-17-6-4-3-5-7-17/h6,8-11,14-16H,3-5,7,12-13H2,1-2H3,(H,27,29)(H,28,30). The summed E-state index contributed by atoms with van der Waals surface area (Å²) in [5.74, 6) is 0.903. The Bertz CT molecular complexity index is 1120. The zero-order valence-electron chi connectivity index (χ0n) is 18.9. The predicted molar refractivity (Wildman–Crippen MR) is 132 cm³/mol. The molecule has 0 aromatic heterocycles. The number of ether oxygens (including phenoxy) is 2. The van der Waals surface area contributed by atoms with Gasteiger partial charge in [0, 0.05) is 17.0 Å². The average molecular weight is 465 g/mol. The van der Waals surface area contributed by atoms with Crippen molar-refractivity contribution in [3.05, 3.63) is 64.1 Å². The molecule has 6 nitrogen and oxygen atoms in total. The Hall–Kier alpha value is -3.19. The van der Waals surface area contributed by atoms with Gasteiger partial charge >= 0.3 is 0 Å². The number of fused-ring (bicyclic) bond motifs is 1. The number of methoxy groups -OCH3 is 2. The zero-order valence-corrected chi connectivity index (χ0v) is 19.7. The number of benzene rings is 2. The number of hydrogen-bond acceptors (Lipinski definition) is 5. The van der Waals surface area contributed by atoms with Gasteiger partial charge in [0.15, 0.2) is 11.5 Å². The van der Waals surface area contributed by atoms with Crippen LogP contribution in [0.15, 0.2) is 57.8 Å². The fraction of sp³-hybridized carbons (Fsp3) is 0.308. The molecule has 172 valence electrons. The number of carbonyl (C=O) groups excluding carboxylic acids is 2. The Morgan fingerprint density at radius 3 is 2.73 bits per heavy atom. The Balaban J connectivity index is 1.43. The van der Waals surface area contributed by atoms with E-state index >= 15 is 0 Å². The van der Waals surface area contributed by atoms with Gasteiger partial charge in [-0.3, -0.25) is 9.59 Å². The third kappa shape index (κ3) is 5.60. The van der Waals surface area contributed by atoms with Crippen molar-refractivity contribution in [1.29, 1.82) is 0 Å². The summed E-state index contributed by atoms with van der Waals surface area (Å²) in [6, 6.07) is 10.9. The molecule has 2 amide bonds. The van der Waals surface area contributed by atoms with Crippen LogP contribution < -0.4 is 20.1 Å². The predicted octanol–water partition coefficient (Wildman–Crippen LogP) is 5.41.